The van der Waals surface area contributed by atoms with Gasteiger partial charge in [-0.1, -0.05) is 6.07 Å². The molecular formula is C7H3Br6NO4S2. The number of hydrogen-bond acceptors (Lipinski definition) is 6. The van der Waals surface area contributed by atoms with Crippen LogP contribution in [0, 0.1) is 0 Å². The number of nitrogens with zero attached hydrogens (tertiary/aromatic N) is 1. The molecule has 0 aliphatic heterocycles. The van der Waals surface area contributed by atoms with Crippen LogP contribution in [0.15, 0.2) is 28.3 Å². The molecule has 0 N–H and O–H groups in total. The van der Waals surface area contributed by atoms with E-state index >= 15 is 0 Å². The van der Waals surface area contributed by atoms with E-state index in [1.54, 1.807) is 6.07 Å². The molecule has 0 amide bonds. The van der Waals surface area contributed by atoms with Gasteiger partial charge in [-0.3, -0.25) is 0 Å². The molecule has 0 fully saturated rings. The van der Waals surface area contributed by atoms with Gasteiger partial charge in [0.25, 0.3) is 2.33 Å². The van der Waals surface area contributed by atoms with Crippen LogP contribution in [0.25, 0.3) is 0 Å². The Hall–Kier alpha value is 2.25. The minimum Gasteiger partial charge on any atom is -0.227 e. The minimum atomic E-state index is -3.75. The number of sulfone groups is 1. The van der Waals surface area contributed by atoms with Crippen molar-refractivity contribution in [2.45, 2.75) is 13.9 Å². The summed E-state index contributed by atoms with van der Waals surface area (Å²) in [6.45, 7) is 0. The summed E-state index contributed by atoms with van der Waals surface area (Å²) in [6, 6.07) is 4.47. The molecule has 0 aromatic carbocycles. The molecule has 0 radical (unpaired) electrons. The van der Waals surface area contributed by atoms with Gasteiger partial charge in [0.1, 0.15) is 5.03 Å². The molecule has 0 spiro atoms. The topological polar surface area (TPSA) is 65.5 Å². The van der Waals surface area contributed by atoms with E-state index < -0.39 is 13.6 Å². The lowest BCUT2D eigenvalue weighted by Gasteiger charge is -2.13. The molecule has 13 heteroatoms. The van der Waals surface area contributed by atoms with Crippen molar-refractivity contribution in [2.24, 2.45) is 0 Å². The van der Waals surface area contributed by atoms with E-state index in [2.05, 4.69) is 101 Å². The first-order chi connectivity index (χ1) is 8.93. The van der Waals surface area contributed by atoms with Gasteiger partial charge in [0.05, 0.1) is 12.0 Å². The Bertz CT molecular complexity index is 569. The summed E-state index contributed by atoms with van der Waals surface area (Å²) in [6.07, 6.45) is 0. The van der Waals surface area contributed by atoms with Gasteiger partial charge in [-0.05, 0) is 108 Å². The predicted octanol–water partition coefficient (Wildman–Crippen LogP) is 5.40. The molecule has 0 saturated heterocycles. The fraction of sp³-hybridized carbons (Fsp3) is 0.286. The van der Waals surface area contributed by atoms with E-state index in [-0.39, 0.29) is 5.03 Å². The van der Waals surface area contributed by atoms with Crippen molar-refractivity contribution in [1.82, 2.24) is 4.98 Å². The Balaban J connectivity index is 2.87. The van der Waals surface area contributed by atoms with E-state index in [4.69, 9.17) is 9.22 Å². The van der Waals surface area contributed by atoms with Crippen molar-refractivity contribution in [3.05, 3.63) is 18.2 Å². The van der Waals surface area contributed by atoms with Crippen LogP contribution in [0.2, 0.25) is 0 Å². The van der Waals surface area contributed by atoms with Crippen LogP contribution in [0.5, 0.6) is 0 Å². The fourth-order valence-corrected chi connectivity index (χ4v) is 4.00. The third-order valence-electron chi connectivity index (χ3n) is 1.53. The second-order valence-corrected chi connectivity index (χ2v) is 20.6. The summed E-state index contributed by atoms with van der Waals surface area (Å²) >= 11 is 18.8. The average Bonchev–Trinajstić information content (AvgIpc) is 2.26. The minimum absolute atomic E-state index is 0.139. The van der Waals surface area contributed by atoms with Crippen molar-refractivity contribution >= 4 is 117 Å². The number of aromatic nitrogens is 1. The van der Waals surface area contributed by atoms with Crippen LogP contribution < -0.4 is 0 Å². The van der Waals surface area contributed by atoms with Crippen molar-refractivity contribution in [2.75, 3.05) is 0 Å². The summed E-state index contributed by atoms with van der Waals surface area (Å²) in [5, 5.41) is 0.166. The van der Waals surface area contributed by atoms with Gasteiger partial charge in [0.15, 0.2) is 5.03 Å². The highest BCUT2D eigenvalue weighted by Gasteiger charge is 2.38. The Kier molecular flexibility index (Phi) is 8.00. The largest absolute Gasteiger partial charge is 0.266 e. The van der Waals surface area contributed by atoms with Crippen molar-refractivity contribution in [3.8, 4) is 0 Å². The smallest absolute Gasteiger partial charge is 0.227 e. The molecule has 5 nitrogen and oxygen atoms in total. The second kappa shape index (κ2) is 7.88. The Labute approximate surface area is 170 Å². The van der Waals surface area contributed by atoms with E-state index in [1.165, 1.54) is 12.1 Å². The van der Waals surface area contributed by atoms with E-state index in [0.29, 0.717) is 5.03 Å². The zero-order chi connectivity index (χ0) is 15.6. The standard InChI is InChI=1S/C7H3Br6NO4S2/c8-6(9,10)17-18-19-4-2-1-3-5(14-4)20(15,16)7(11,12)13/h1-3H. The lowest BCUT2D eigenvalue weighted by molar-refractivity contribution is -0.184. The normalized spacial score (nSPS) is 13.5. The van der Waals surface area contributed by atoms with Crippen LogP contribution in [-0.2, 0) is 19.1 Å². The van der Waals surface area contributed by atoms with Crippen molar-refractivity contribution in [1.29, 1.82) is 0 Å². The first kappa shape index (κ1) is 20.3. The van der Waals surface area contributed by atoms with Gasteiger partial charge in [0, 0.05) is 0 Å². The Morgan fingerprint density at radius 1 is 1.10 bits per heavy atom. The molecule has 20 heavy (non-hydrogen) atoms. The number of rotatable bonds is 4. The lowest BCUT2D eigenvalue weighted by Crippen LogP contribution is -2.19. The molecule has 0 bridgehead atoms. The third-order valence-corrected chi connectivity index (χ3v) is 7.68. The lowest BCUT2D eigenvalue weighted by atomic mass is 10.5. The highest BCUT2D eigenvalue weighted by atomic mass is 80.0. The number of pyridine rings is 1. The van der Waals surface area contributed by atoms with Crippen molar-refractivity contribution in [3.63, 3.8) is 0 Å². The molecule has 0 aliphatic rings. The van der Waals surface area contributed by atoms with Crippen LogP contribution in [0.4, 0.5) is 0 Å². The van der Waals surface area contributed by atoms with Gasteiger partial charge >= 0.3 is 0 Å². The molecule has 1 rings (SSSR count). The quantitative estimate of drug-likeness (QED) is 0.181. The molecule has 1 aromatic heterocycles. The van der Waals surface area contributed by atoms with Crippen LogP contribution in [0.3, 0.4) is 0 Å². The molecule has 1 aromatic rings. The number of hydrogen-bond donors (Lipinski definition) is 0. The molecular weight excluding hydrogens is 706 g/mol. The van der Waals surface area contributed by atoms with E-state index in [0.717, 1.165) is 12.0 Å². The summed E-state index contributed by atoms with van der Waals surface area (Å²) in [4.78, 5) is 8.79. The van der Waals surface area contributed by atoms with Gasteiger partial charge < -0.3 is 0 Å². The molecule has 1 heterocycles. The summed E-state index contributed by atoms with van der Waals surface area (Å²) in [5.74, 6) is 0. The Morgan fingerprint density at radius 2 is 1.70 bits per heavy atom. The van der Waals surface area contributed by atoms with Gasteiger partial charge in [0.2, 0.25) is 11.3 Å². The number of alkyl halides is 6. The predicted molar refractivity (Wildman–Crippen MR) is 98.5 cm³/mol. The second-order valence-electron chi connectivity index (χ2n) is 2.94. The molecule has 0 aliphatic carbocycles. The summed E-state index contributed by atoms with van der Waals surface area (Å²) in [5.41, 5.74) is 0. The van der Waals surface area contributed by atoms with E-state index in [1.807, 2.05) is 0 Å². The highest BCUT2D eigenvalue weighted by Crippen LogP contribution is 2.43. The average molecular weight is 709 g/mol. The van der Waals surface area contributed by atoms with Crippen LogP contribution >= 0.6 is 108 Å². The third kappa shape index (κ3) is 6.40. The zero-order valence-corrected chi connectivity index (χ0v) is 20.0. The monoisotopic (exact) mass is 702 g/mol. The van der Waals surface area contributed by atoms with Gasteiger partial charge in [-0.25, -0.2) is 13.4 Å². The first-order valence-electron chi connectivity index (χ1n) is 4.31. The SMILES string of the molecule is O=S(=O)(c1cccc(SOOC(Br)(Br)Br)n1)C(Br)(Br)Br. The maximum absolute atomic E-state index is 12.1. The molecule has 0 unspecified atom stereocenters. The van der Waals surface area contributed by atoms with Crippen LogP contribution in [-0.4, -0.2) is 17.2 Å². The zero-order valence-electron chi connectivity index (χ0n) is 8.90. The maximum atomic E-state index is 12.1. The summed E-state index contributed by atoms with van der Waals surface area (Å²) in [7, 11) is -3.75. The fourth-order valence-electron chi connectivity index (χ4n) is 0.801. The highest BCUT2D eigenvalue weighted by molar-refractivity contribution is 9.42. The van der Waals surface area contributed by atoms with Crippen molar-refractivity contribution < 1.29 is 17.6 Å². The first-order valence-corrected chi connectivity index (χ1v) is 11.3. The Morgan fingerprint density at radius 3 is 2.20 bits per heavy atom. The number of halogens is 6. The van der Waals surface area contributed by atoms with Gasteiger partial charge in [-0.15, -0.1) is 0 Å². The molecule has 114 valence electrons. The summed E-state index contributed by atoms with van der Waals surface area (Å²) < 4.78 is 26.6. The maximum Gasteiger partial charge on any atom is 0.266 e. The molecule has 0 saturated carbocycles. The molecule has 0 atom stereocenters. The van der Waals surface area contributed by atoms with Gasteiger partial charge in [-0.2, -0.15) is 9.22 Å². The van der Waals surface area contributed by atoms with Crippen LogP contribution in [0.1, 0.15) is 0 Å². The van der Waals surface area contributed by atoms with E-state index in [9.17, 15) is 8.42 Å².